The van der Waals surface area contributed by atoms with Crippen LogP contribution in [0.3, 0.4) is 0 Å². The molecule has 0 radical (unpaired) electrons. The van der Waals surface area contributed by atoms with Gasteiger partial charge in [-0.25, -0.2) is 0 Å². The summed E-state index contributed by atoms with van der Waals surface area (Å²) in [5.41, 5.74) is 1.30. The first-order chi connectivity index (χ1) is 7.66. The van der Waals surface area contributed by atoms with Crippen LogP contribution in [0.2, 0.25) is 0 Å². The maximum Gasteiger partial charge on any atom is 0.177 e. The van der Waals surface area contributed by atoms with Crippen molar-refractivity contribution in [3.8, 4) is 0 Å². The quantitative estimate of drug-likeness (QED) is 0.759. The minimum atomic E-state index is -0.201. The number of benzene rings is 1. The summed E-state index contributed by atoms with van der Waals surface area (Å²) in [6.45, 7) is 5.78. The van der Waals surface area contributed by atoms with Crippen LogP contribution in [0, 0.1) is 5.41 Å². The highest BCUT2D eigenvalue weighted by Crippen LogP contribution is 2.23. The lowest BCUT2D eigenvalue weighted by Crippen LogP contribution is -2.36. The Morgan fingerprint density at radius 2 is 1.75 bits per heavy atom. The fourth-order valence-corrected chi connectivity index (χ4v) is 1.57. The van der Waals surface area contributed by atoms with Gasteiger partial charge in [0, 0.05) is 5.41 Å². The Labute approximate surface area is 96.9 Å². The van der Waals surface area contributed by atoms with Crippen LogP contribution in [0.1, 0.15) is 19.4 Å². The van der Waals surface area contributed by atoms with Crippen molar-refractivity contribution in [1.29, 1.82) is 0 Å². The summed E-state index contributed by atoms with van der Waals surface area (Å²) in [5.74, 6) is 0. The van der Waals surface area contributed by atoms with Crippen molar-refractivity contribution in [1.82, 2.24) is 0 Å². The molecular weight excluding hydrogens is 200 g/mol. The first-order valence-electron chi connectivity index (χ1n) is 5.62. The van der Waals surface area contributed by atoms with Gasteiger partial charge in [-0.15, -0.1) is 0 Å². The van der Waals surface area contributed by atoms with Gasteiger partial charge in [0.2, 0.25) is 0 Å². The molecule has 0 atom stereocenters. The molecule has 86 valence electrons. The molecule has 2 rings (SSSR count). The summed E-state index contributed by atoms with van der Waals surface area (Å²) in [7, 11) is 0. The summed E-state index contributed by atoms with van der Waals surface area (Å²) in [6, 6.07) is 10.2. The average molecular weight is 218 g/mol. The van der Waals surface area contributed by atoms with Gasteiger partial charge >= 0.3 is 0 Å². The fourth-order valence-electron chi connectivity index (χ4n) is 1.57. The van der Waals surface area contributed by atoms with Crippen LogP contribution >= 0.6 is 0 Å². The van der Waals surface area contributed by atoms with Crippen LogP contribution in [-0.4, -0.2) is 19.5 Å². The van der Waals surface area contributed by atoms with E-state index in [9.17, 15) is 0 Å². The van der Waals surface area contributed by atoms with Gasteiger partial charge in [0.1, 0.15) is 0 Å². The Bertz CT molecular complexity index is 344. The Morgan fingerprint density at radius 1 is 1.12 bits per heavy atom. The van der Waals surface area contributed by atoms with Gasteiger partial charge in [-0.05, 0) is 11.6 Å². The Hall–Kier alpha value is -1.12. The highest BCUT2D eigenvalue weighted by Gasteiger charge is 2.26. The molecule has 0 aliphatic carbocycles. The van der Waals surface area contributed by atoms with Crippen LogP contribution < -0.4 is 0 Å². The molecule has 1 aromatic carbocycles. The molecule has 0 bridgehead atoms. The van der Waals surface area contributed by atoms with E-state index in [1.165, 1.54) is 5.56 Å². The van der Waals surface area contributed by atoms with Crippen molar-refractivity contribution in [3.05, 3.63) is 42.0 Å². The van der Waals surface area contributed by atoms with E-state index in [1.54, 1.807) is 0 Å². The molecule has 1 aromatic rings. The normalized spacial score (nSPS) is 21.4. The molecule has 1 aliphatic rings. The maximum atomic E-state index is 5.61. The molecule has 2 heteroatoms. The SMILES string of the molecule is CC1(C)COC(C=Cc2ccccc2)OC1. The lowest BCUT2D eigenvalue weighted by Gasteiger charge is -2.33. The second kappa shape index (κ2) is 4.81. The summed E-state index contributed by atoms with van der Waals surface area (Å²) in [6.07, 6.45) is 3.79. The first kappa shape index (κ1) is 11.4. The molecule has 0 N–H and O–H groups in total. The third-order valence-corrected chi connectivity index (χ3v) is 2.52. The molecular formula is C14H18O2. The predicted molar refractivity (Wildman–Crippen MR) is 64.9 cm³/mol. The van der Waals surface area contributed by atoms with Crippen LogP contribution in [0.25, 0.3) is 6.08 Å². The van der Waals surface area contributed by atoms with Crippen molar-refractivity contribution in [2.24, 2.45) is 5.41 Å². The Balaban J connectivity index is 1.90. The number of hydrogen-bond acceptors (Lipinski definition) is 2. The van der Waals surface area contributed by atoms with Gasteiger partial charge in [0.25, 0.3) is 0 Å². The highest BCUT2D eigenvalue weighted by molar-refractivity contribution is 5.48. The van der Waals surface area contributed by atoms with Crippen molar-refractivity contribution in [2.75, 3.05) is 13.2 Å². The van der Waals surface area contributed by atoms with Crippen LogP contribution in [0.15, 0.2) is 36.4 Å². The van der Waals surface area contributed by atoms with Crippen molar-refractivity contribution >= 4 is 6.08 Å². The lowest BCUT2D eigenvalue weighted by molar-refractivity contribution is -0.197. The average Bonchev–Trinajstić information content (AvgIpc) is 2.29. The summed E-state index contributed by atoms with van der Waals surface area (Å²) >= 11 is 0. The third-order valence-electron chi connectivity index (χ3n) is 2.52. The largest absolute Gasteiger partial charge is 0.348 e. The van der Waals surface area contributed by atoms with Crippen LogP contribution in [0.4, 0.5) is 0 Å². The molecule has 1 fully saturated rings. The second-order valence-electron chi connectivity index (χ2n) is 4.92. The number of ether oxygens (including phenoxy) is 2. The van der Waals surface area contributed by atoms with E-state index in [-0.39, 0.29) is 11.7 Å². The molecule has 0 aromatic heterocycles. The minimum Gasteiger partial charge on any atom is -0.348 e. The molecule has 0 spiro atoms. The summed E-state index contributed by atoms with van der Waals surface area (Å²) in [4.78, 5) is 0. The van der Waals surface area contributed by atoms with Gasteiger partial charge in [-0.2, -0.15) is 0 Å². The molecule has 0 unspecified atom stereocenters. The van der Waals surface area contributed by atoms with E-state index < -0.39 is 0 Å². The molecule has 0 amide bonds. The van der Waals surface area contributed by atoms with E-state index in [4.69, 9.17) is 9.47 Å². The maximum absolute atomic E-state index is 5.61. The zero-order chi connectivity index (χ0) is 11.4. The summed E-state index contributed by atoms with van der Waals surface area (Å²) < 4.78 is 11.2. The van der Waals surface area contributed by atoms with E-state index in [2.05, 4.69) is 26.0 Å². The van der Waals surface area contributed by atoms with Crippen molar-refractivity contribution in [3.63, 3.8) is 0 Å². The van der Waals surface area contributed by atoms with Gasteiger partial charge in [-0.3, -0.25) is 0 Å². The fraction of sp³-hybridized carbons (Fsp3) is 0.429. The van der Waals surface area contributed by atoms with Crippen LogP contribution in [-0.2, 0) is 9.47 Å². The molecule has 2 nitrogen and oxygen atoms in total. The lowest BCUT2D eigenvalue weighted by atomic mass is 9.96. The smallest absolute Gasteiger partial charge is 0.177 e. The van der Waals surface area contributed by atoms with E-state index in [0.29, 0.717) is 0 Å². The highest BCUT2D eigenvalue weighted by atomic mass is 16.7. The molecule has 1 aliphatic heterocycles. The van der Waals surface area contributed by atoms with Gasteiger partial charge in [0.15, 0.2) is 6.29 Å². The summed E-state index contributed by atoms with van der Waals surface area (Å²) in [5, 5.41) is 0. The zero-order valence-electron chi connectivity index (χ0n) is 9.85. The van der Waals surface area contributed by atoms with E-state index >= 15 is 0 Å². The Kier molecular flexibility index (Phi) is 3.42. The van der Waals surface area contributed by atoms with Gasteiger partial charge < -0.3 is 9.47 Å². The molecule has 16 heavy (non-hydrogen) atoms. The number of hydrogen-bond donors (Lipinski definition) is 0. The monoisotopic (exact) mass is 218 g/mol. The first-order valence-corrected chi connectivity index (χ1v) is 5.62. The second-order valence-corrected chi connectivity index (χ2v) is 4.92. The van der Waals surface area contributed by atoms with Crippen LogP contribution in [0.5, 0.6) is 0 Å². The Morgan fingerprint density at radius 3 is 2.38 bits per heavy atom. The minimum absolute atomic E-state index is 0.136. The van der Waals surface area contributed by atoms with Gasteiger partial charge in [0.05, 0.1) is 13.2 Å². The molecule has 1 saturated heterocycles. The predicted octanol–water partition coefficient (Wildman–Crippen LogP) is 3.10. The van der Waals surface area contributed by atoms with Crippen molar-refractivity contribution < 1.29 is 9.47 Å². The molecule has 0 saturated carbocycles. The number of rotatable bonds is 2. The standard InChI is InChI=1S/C14H18O2/c1-14(2)10-15-13(16-11-14)9-8-12-6-4-3-5-7-12/h3-9,13H,10-11H2,1-2H3. The topological polar surface area (TPSA) is 18.5 Å². The van der Waals surface area contributed by atoms with E-state index in [0.717, 1.165) is 13.2 Å². The molecule has 1 heterocycles. The third kappa shape index (κ3) is 3.19. The van der Waals surface area contributed by atoms with Crippen molar-refractivity contribution in [2.45, 2.75) is 20.1 Å². The zero-order valence-corrected chi connectivity index (χ0v) is 9.85. The van der Waals surface area contributed by atoms with Gasteiger partial charge in [-0.1, -0.05) is 50.3 Å². The van der Waals surface area contributed by atoms with E-state index in [1.807, 2.05) is 30.4 Å².